The summed E-state index contributed by atoms with van der Waals surface area (Å²) in [5, 5.41) is 3.64. The lowest BCUT2D eigenvalue weighted by atomic mass is 9.92. The Morgan fingerprint density at radius 2 is 1.95 bits per heavy atom. The van der Waals surface area contributed by atoms with Gasteiger partial charge in [-0.3, -0.25) is 0 Å². The molecule has 1 nitrogen and oxygen atoms in total. The van der Waals surface area contributed by atoms with E-state index in [4.69, 9.17) is 0 Å². The van der Waals surface area contributed by atoms with Gasteiger partial charge in [0.1, 0.15) is 0 Å². The van der Waals surface area contributed by atoms with E-state index in [0.717, 1.165) is 37.3 Å². The third kappa shape index (κ3) is 4.27. The van der Waals surface area contributed by atoms with Crippen molar-refractivity contribution in [3.05, 3.63) is 35.4 Å². The van der Waals surface area contributed by atoms with Gasteiger partial charge in [-0.1, -0.05) is 25.8 Å². The van der Waals surface area contributed by atoms with Crippen LogP contribution in [-0.2, 0) is 6.42 Å². The van der Waals surface area contributed by atoms with E-state index < -0.39 is 11.6 Å². The summed E-state index contributed by atoms with van der Waals surface area (Å²) in [5.74, 6) is -0.738. The summed E-state index contributed by atoms with van der Waals surface area (Å²) >= 11 is 0. The molecule has 1 aromatic rings. The SMILES string of the molecule is CCCNC(CCc1ccc(F)c(F)c1)C1CCCC1. The Morgan fingerprint density at radius 3 is 2.60 bits per heavy atom. The second-order valence-electron chi connectivity index (χ2n) is 5.89. The van der Waals surface area contributed by atoms with Gasteiger partial charge in [-0.15, -0.1) is 0 Å². The quantitative estimate of drug-likeness (QED) is 0.778. The van der Waals surface area contributed by atoms with Crippen molar-refractivity contribution in [3.63, 3.8) is 0 Å². The van der Waals surface area contributed by atoms with Crippen molar-refractivity contribution >= 4 is 0 Å². The molecule has 1 aliphatic rings. The van der Waals surface area contributed by atoms with Crippen LogP contribution < -0.4 is 5.32 Å². The summed E-state index contributed by atoms with van der Waals surface area (Å²) in [4.78, 5) is 0. The molecule has 0 aromatic heterocycles. The number of benzene rings is 1. The van der Waals surface area contributed by atoms with Gasteiger partial charge in [0.15, 0.2) is 11.6 Å². The van der Waals surface area contributed by atoms with E-state index >= 15 is 0 Å². The van der Waals surface area contributed by atoms with E-state index in [-0.39, 0.29) is 0 Å². The van der Waals surface area contributed by atoms with Crippen molar-refractivity contribution in [2.75, 3.05) is 6.54 Å². The fourth-order valence-electron chi connectivity index (χ4n) is 3.21. The molecule has 1 aliphatic carbocycles. The van der Waals surface area contributed by atoms with E-state index in [1.165, 1.54) is 37.8 Å². The van der Waals surface area contributed by atoms with Crippen LogP contribution in [0.5, 0.6) is 0 Å². The summed E-state index contributed by atoms with van der Waals surface area (Å²) in [6, 6.07) is 4.78. The minimum absolute atomic E-state index is 0.519. The van der Waals surface area contributed by atoms with E-state index in [2.05, 4.69) is 12.2 Å². The third-order valence-electron chi connectivity index (χ3n) is 4.35. The first-order valence-corrected chi connectivity index (χ1v) is 7.88. The Morgan fingerprint density at radius 1 is 1.20 bits per heavy atom. The molecule has 0 bridgehead atoms. The number of hydrogen-bond donors (Lipinski definition) is 1. The maximum absolute atomic E-state index is 13.2. The van der Waals surface area contributed by atoms with Crippen molar-refractivity contribution in [1.82, 2.24) is 5.32 Å². The molecule has 3 heteroatoms. The minimum Gasteiger partial charge on any atom is -0.314 e. The van der Waals surface area contributed by atoms with Gasteiger partial charge < -0.3 is 5.32 Å². The maximum atomic E-state index is 13.2. The lowest BCUT2D eigenvalue weighted by Crippen LogP contribution is -2.36. The highest BCUT2D eigenvalue weighted by Crippen LogP contribution is 2.29. The second kappa shape index (κ2) is 7.72. The largest absolute Gasteiger partial charge is 0.314 e. The molecular formula is C17H25F2N. The number of nitrogens with one attached hydrogen (secondary N) is 1. The highest BCUT2D eigenvalue weighted by Gasteiger charge is 2.24. The molecule has 2 rings (SSSR count). The second-order valence-corrected chi connectivity index (χ2v) is 5.89. The van der Waals surface area contributed by atoms with E-state index in [9.17, 15) is 8.78 Å². The molecule has 1 fully saturated rings. The Kier molecular flexibility index (Phi) is 5.96. The molecule has 0 heterocycles. The average Bonchev–Trinajstić information content (AvgIpc) is 2.97. The summed E-state index contributed by atoms with van der Waals surface area (Å²) < 4.78 is 26.1. The van der Waals surface area contributed by atoms with Crippen molar-refractivity contribution in [3.8, 4) is 0 Å². The van der Waals surface area contributed by atoms with Crippen molar-refractivity contribution < 1.29 is 8.78 Å². The van der Waals surface area contributed by atoms with Crippen LogP contribution in [-0.4, -0.2) is 12.6 Å². The van der Waals surface area contributed by atoms with Gasteiger partial charge in [-0.05, 0) is 62.3 Å². The highest BCUT2D eigenvalue weighted by atomic mass is 19.2. The third-order valence-corrected chi connectivity index (χ3v) is 4.35. The standard InChI is InChI=1S/C17H25F2N/c1-2-11-20-17(14-5-3-4-6-14)10-8-13-7-9-15(18)16(19)12-13/h7,9,12,14,17,20H,2-6,8,10-11H2,1H3. The van der Waals surface area contributed by atoms with Gasteiger partial charge in [-0.2, -0.15) is 0 Å². The topological polar surface area (TPSA) is 12.0 Å². The molecule has 112 valence electrons. The van der Waals surface area contributed by atoms with Crippen LogP contribution in [0, 0.1) is 17.6 Å². The van der Waals surface area contributed by atoms with Crippen LogP contribution in [0.25, 0.3) is 0 Å². The van der Waals surface area contributed by atoms with Crippen molar-refractivity contribution in [2.24, 2.45) is 5.92 Å². The smallest absolute Gasteiger partial charge is 0.159 e. The Labute approximate surface area is 120 Å². The Balaban J connectivity index is 1.91. The van der Waals surface area contributed by atoms with Crippen LogP contribution >= 0.6 is 0 Å². The molecule has 0 spiro atoms. The van der Waals surface area contributed by atoms with Gasteiger partial charge >= 0.3 is 0 Å². The molecule has 0 aliphatic heterocycles. The normalized spacial score (nSPS) is 17.6. The number of hydrogen-bond acceptors (Lipinski definition) is 1. The molecule has 1 saturated carbocycles. The van der Waals surface area contributed by atoms with Crippen molar-refractivity contribution in [1.29, 1.82) is 0 Å². The molecule has 1 N–H and O–H groups in total. The fourth-order valence-corrected chi connectivity index (χ4v) is 3.21. The van der Waals surface area contributed by atoms with Crippen LogP contribution in [0.4, 0.5) is 8.78 Å². The molecule has 1 unspecified atom stereocenters. The predicted molar refractivity (Wildman–Crippen MR) is 78.7 cm³/mol. The minimum atomic E-state index is -0.759. The molecule has 1 atom stereocenters. The van der Waals surface area contributed by atoms with Crippen LogP contribution in [0.2, 0.25) is 0 Å². The van der Waals surface area contributed by atoms with E-state index in [1.807, 2.05) is 0 Å². The molecule has 1 aromatic carbocycles. The van der Waals surface area contributed by atoms with E-state index in [0.29, 0.717) is 6.04 Å². The zero-order valence-electron chi connectivity index (χ0n) is 12.3. The van der Waals surface area contributed by atoms with Gasteiger partial charge in [0, 0.05) is 6.04 Å². The Bertz CT molecular complexity index is 413. The monoisotopic (exact) mass is 281 g/mol. The molecule has 0 radical (unpaired) electrons. The molecule has 0 amide bonds. The number of halogens is 2. The maximum Gasteiger partial charge on any atom is 0.159 e. The zero-order valence-corrected chi connectivity index (χ0v) is 12.3. The summed E-state index contributed by atoms with van der Waals surface area (Å²) in [5.41, 5.74) is 0.894. The van der Waals surface area contributed by atoms with Crippen LogP contribution in [0.1, 0.15) is 51.0 Å². The summed E-state index contributed by atoms with van der Waals surface area (Å²) in [6.45, 7) is 3.22. The molecular weight excluding hydrogens is 256 g/mol. The number of rotatable bonds is 7. The first-order chi connectivity index (χ1) is 9.70. The Hall–Kier alpha value is -0.960. The van der Waals surface area contributed by atoms with Crippen LogP contribution in [0.15, 0.2) is 18.2 Å². The summed E-state index contributed by atoms with van der Waals surface area (Å²) in [6.07, 6.45) is 8.23. The van der Waals surface area contributed by atoms with Gasteiger partial charge in [0.25, 0.3) is 0 Å². The summed E-state index contributed by atoms with van der Waals surface area (Å²) in [7, 11) is 0. The predicted octanol–water partition coefficient (Wildman–Crippen LogP) is 4.46. The fraction of sp³-hybridized carbons (Fsp3) is 0.647. The van der Waals surface area contributed by atoms with Crippen molar-refractivity contribution in [2.45, 2.75) is 57.9 Å². The lowest BCUT2D eigenvalue weighted by Gasteiger charge is -2.25. The zero-order chi connectivity index (χ0) is 14.4. The number of aryl methyl sites for hydroxylation is 1. The average molecular weight is 281 g/mol. The van der Waals surface area contributed by atoms with Gasteiger partial charge in [0.2, 0.25) is 0 Å². The molecule has 20 heavy (non-hydrogen) atoms. The van der Waals surface area contributed by atoms with Crippen LogP contribution in [0.3, 0.4) is 0 Å². The highest BCUT2D eigenvalue weighted by molar-refractivity contribution is 5.18. The first kappa shape index (κ1) is 15.4. The van der Waals surface area contributed by atoms with Gasteiger partial charge in [-0.25, -0.2) is 8.78 Å². The van der Waals surface area contributed by atoms with E-state index in [1.54, 1.807) is 6.07 Å². The lowest BCUT2D eigenvalue weighted by molar-refractivity contribution is 0.340. The van der Waals surface area contributed by atoms with Gasteiger partial charge in [0.05, 0.1) is 0 Å². The molecule has 0 saturated heterocycles. The first-order valence-electron chi connectivity index (χ1n) is 7.88.